The van der Waals surface area contributed by atoms with Crippen LogP contribution >= 0.6 is 23.5 Å². The summed E-state index contributed by atoms with van der Waals surface area (Å²) < 4.78 is 0. The molecule has 1 aromatic rings. The minimum absolute atomic E-state index is 0.775. The van der Waals surface area contributed by atoms with Gasteiger partial charge in [0.25, 0.3) is 0 Å². The summed E-state index contributed by atoms with van der Waals surface area (Å²) in [6.07, 6.45) is 9.21. The topological polar surface area (TPSA) is 35.8 Å². The van der Waals surface area contributed by atoms with Gasteiger partial charge < -0.3 is 5.32 Å². The number of nitriles is 1. The lowest BCUT2D eigenvalue weighted by atomic mass is 10.1. The fourth-order valence-corrected chi connectivity index (χ4v) is 2.98. The summed E-state index contributed by atoms with van der Waals surface area (Å²) in [5.74, 6) is 1.27. The summed E-state index contributed by atoms with van der Waals surface area (Å²) in [7, 11) is 0. The second-order valence-electron chi connectivity index (χ2n) is 4.33. The summed E-state index contributed by atoms with van der Waals surface area (Å²) in [5.41, 5.74) is 1.75. The predicted molar refractivity (Wildman–Crippen MR) is 88.3 cm³/mol. The third kappa shape index (κ3) is 5.80. The molecule has 0 amide bonds. The standard InChI is InChI=1S/C15H22N2S2/c1-18-11-6-4-3-5-10-17-14-8-7-9-15(19-2)13(14)12-16/h7-9,17H,3-6,10-11H2,1-2H3. The molecular formula is C15H22N2S2. The number of nitrogens with one attached hydrogen (secondary N) is 1. The highest BCUT2D eigenvalue weighted by Gasteiger charge is 2.06. The number of anilines is 1. The molecule has 1 N–H and O–H groups in total. The largest absolute Gasteiger partial charge is 0.384 e. The molecule has 0 heterocycles. The molecule has 0 aliphatic heterocycles. The van der Waals surface area contributed by atoms with Gasteiger partial charge in [0, 0.05) is 11.4 Å². The average Bonchev–Trinajstić information content (AvgIpc) is 2.45. The van der Waals surface area contributed by atoms with Gasteiger partial charge >= 0.3 is 0 Å². The second kappa shape index (κ2) is 10.1. The van der Waals surface area contributed by atoms with Crippen molar-refractivity contribution in [3.05, 3.63) is 23.8 Å². The summed E-state index contributed by atoms with van der Waals surface area (Å²) in [5, 5.41) is 12.6. The number of hydrogen-bond donors (Lipinski definition) is 1. The quantitative estimate of drug-likeness (QED) is 0.532. The summed E-state index contributed by atoms with van der Waals surface area (Å²) in [4.78, 5) is 1.05. The Morgan fingerprint density at radius 3 is 2.63 bits per heavy atom. The monoisotopic (exact) mass is 294 g/mol. The summed E-state index contributed by atoms with van der Waals surface area (Å²) in [6.45, 7) is 0.950. The van der Waals surface area contributed by atoms with E-state index in [1.54, 1.807) is 11.8 Å². The first-order valence-electron chi connectivity index (χ1n) is 6.63. The zero-order chi connectivity index (χ0) is 13.9. The van der Waals surface area contributed by atoms with Gasteiger partial charge in [0.05, 0.1) is 11.3 Å². The van der Waals surface area contributed by atoms with E-state index in [0.717, 1.165) is 22.7 Å². The van der Waals surface area contributed by atoms with E-state index >= 15 is 0 Å². The van der Waals surface area contributed by atoms with Crippen molar-refractivity contribution in [3.63, 3.8) is 0 Å². The SMILES string of the molecule is CSCCCCCCNc1cccc(SC)c1C#N. The van der Waals surface area contributed by atoms with Crippen LogP contribution in [-0.2, 0) is 0 Å². The number of rotatable bonds is 9. The maximum Gasteiger partial charge on any atom is 0.102 e. The van der Waals surface area contributed by atoms with E-state index in [-0.39, 0.29) is 0 Å². The Morgan fingerprint density at radius 2 is 1.95 bits per heavy atom. The molecule has 0 aromatic heterocycles. The van der Waals surface area contributed by atoms with E-state index in [9.17, 15) is 5.26 Å². The van der Waals surface area contributed by atoms with Crippen LogP contribution in [0.15, 0.2) is 23.1 Å². The number of unbranched alkanes of at least 4 members (excludes halogenated alkanes) is 3. The Kier molecular flexibility index (Phi) is 8.61. The Balaban J connectivity index is 2.35. The molecule has 1 aromatic carbocycles. The average molecular weight is 294 g/mol. The third-order valence-electron chi connectivity index (χ3n) is 2.95. The zero-order valence-electron chi connectivity index (χ0n) is 11.7. The van der Waals surface area contributed by atoms with Crippen molar-refractivity contribution < 1.29 is 0 Å². The summed E-state index contributed by atoms with van der Waals surface area (Å²) >= 11 is 3.54. The van der Waals surface area contributed by atoms with E-state index < -0.39 is 0 Å². The second-order valence-corrected chi connectivity index (χ2v) is 6.16. The van der Waals surface area contributed by atoms with Crippen LogP contribution in [0, 0.1) is 11.3 Å². The first kappa shape index (κ1) is 16.3. The lowest BCUT2D eigenvalue weighted by Crippen LogP contribution is -2.03. The van der Waals surface area contributed by atoms with E-state index in [4.69, 9.17) is 0 Å². The van der Waals surface area contributed by atoms with E-state index in [0.29, 0.717) is 0 Å². The van der Waals surface area contributed by atoms with Crippen LogP contribution < -0.4 is 5.32 Å². The lowest BCUT2D eigenvalue weighted by Gasteiger charge is -2.10. The molecule has 0 radical (unpaired) electrons. The first-order chi connectivity index (χ1) is 9.33. The molecule has 0 atom stereocenters. The van der Waals surface area contributed by atoms with Crippen LogP contribution in [0.3, 0.4) is 0 Å². The molecule has 0 bridgehead atoms. The Morgan fingerprint density at radius 1 is 1.16 bits per heavy atom. The van der Waals surface area contributed by atoms with Gasteiger partial charge in [0.1, 0.15) is 6.07 Å². The predicted octanol–water partition coefficient (Wildman–Crippen LogP) is 4.62. The molecular weight excluding hydrogens is 272 g/mol. The van der Waals surface area contributed by atoms with Gasteiger partial charge in [-0.2, -0.15) is 17.0 Å². The van der Waals surface area contributed by atoms with E-state index in [2.05, 4.69) is 17.6 Å². The van der Waals surface area contributed by atoms with Crippen molar-refractivity contribution in [3.8, 4) is 6.07 Å². The molecule has 19 heavy (non-hydrogen) atoms. The van der Waals surface area contributed by atoms with Gasteiger partial charge in [0.15, 0.2) is 0 Å². The highest BCUT2D eigenvalue weighted by Crippen LogP contribution is 2.26. The van der Waals surface area contributed by atoms with Gasteiger partial charge in [-0.1, -0.05) is 18.9 Å². The van der Waals surface area contributed by atoms with Crippen LogP contribution in [-0.4, -0.2) is 24.8 Å². The van der Waals surface area contributed by atoms with Crippen molar-refractivity contribution in [2.75, 3.05) is 30.1 Å². The van der Waals surface area contributed by atoms with Crippen molar-refractivity contribution in [1.29, 1.82) is 5.26 Å². The smallest absolute Gasteiger partial charge is 0.102 e. The molecule has 0 saturated heterocycles. The van der Waals surface area contributed by atoms with E-state index in [1.807, 2.05) is 36.2 Å². The van der Waals surface area contributed by atoms with Crippen LogP contribution in [0.4, 0.5) is 5.69 Å². The van der Waals surface area contributed by atoms with Crippen molar-refractivity contribution in [1.82, 2.24) is 0 Å². The Hall–Kier alpha value is -0.790. The number of nitrogens with zero attached hydrogens (tertiary/aromatic N) is 1. The van der Waals surface area contributed by atoms with Crippen molar-refractivity contribution in [2.24, 2.45) is 0 Å². The van der Waals surface area contributed by atoms with Crippen molar-refractivity contribution >= 4 is 29.2 Å². The number of thioether (sulfide) groups is 2. The highest BCUT2D eigenvalue weighted by molar-refractivity contribution is 7.98. The normalized spacial score (nSPS) is 10.2. The Labute approximate surface area is 125 Å². The van der Waals surface area contributed by atoms with Gasteiger partial charge in [-0.15, -0.1) is 11.8 Å². The molecule has 1 rings (SSSR count). The maximum atomic E-state index is 9.22. The number of benzene rings is 1. The highest BCUT2D eigenvalue weighted by atomic mass is 32.2. The molecule has 2 nitrogen and oxygen atoms in total. The fraction of sp³-hybridized carbons (Fsp3) is 0.533. The van der Waals surface area contributed by atoms with Crippen LogP contribution in [0.25, 0.3) is 0 Å². The molecule has 0 fully saturated rings. The zero-order valence-corrected chi connectivity index (χ0v) is 13.4. The van der Waals surface area contributed by atoms with E-state index in [1.165, 1.54) is 31.4 Å². The number of hydrogen-bond acceptors (Lipinski definition) is 4. The van der Waals surface area contributed by atoms with Gasteiger partial charge in [-0.3, -0.25) is 0 Å². The minimum Gasteiger partial charge on any atom is -0.384 e. The fourth-order valence-electron chi connectivity index (χ4n) is 1.91. The maximum absolute atomic E-state index is 9.22. The van der Waals surface area contributed by atoms with Crippen LogP contribution in [0.5, 0.6) is 0 Å². The first-order valence-corrected chi connectivity index (χ1v) is 9.25. The van der Waals surface area contributed by atoms with Gasteiger partial charge in [-0.25, -0.2) is 0 Å². The molecule has 0 saturated carbocycles. The molecule has 0 spiro atoms. The van der Waals surface area contributed by atoms with Crippen molar-refractivity contribution in [2.45, 2.75) is 30.6 Å². The van der Waals surface area contributed by atoms with Gasteiger partial charge in [-0.05, 0) is 43.2 Å². The summed E-state index contributed by atoms with van der Waals surface area (Å²) in [6, 6.07) is 8.29. The molecule has 0 aliphatic rings. The molecule has 0 unspecified atom stereocenters. The van der Waals surface area contributed by atoms with Gasteiger partial charge in [0.2, 0.25) is 0 Å². The Bertz CT molecular complexity index is 413. The molecule has 104 valence electrons. The lowest BCUT2D eigenvalue weighted by molar-refractivity contribution is 0.689. The minimum atomic E-state index is 0.775. The van der Waals surface area contributed by atoms with Crippen LogP contribution in [0.2, 0.25) is 0 Å². The third-order valence-corrected chi connectivity index (χ3v) is 4.43. The molecule has 4 heteroatoms. The molecule has 0 aliphatic carbocycles. The van der Waals surface area contributed by atoms with Crippen LogP contribution in [0.1, 0.15) is 31.2 Å².